The number of esters is 1. The SMILES string of the molecule is CCOC(=O)c1cc(O)c2cc(C3CC3)cc(C(F)(F)F)c2n1. The van der Waals surface area contributed by atoms with E-state index >= 15 is 0 Å². The average molecular weight is 325 g/mol. The number of pyridine rings is 1. The first-order chi connectivity index (χ1) is 10.8. The minimum atomic E-state index is -4.63. The van der Waals surface area contributed by atoms with Crippen LogP contribution in [0.25, 0.3) is 10.9 Å². The van der Waals surface area contributed by atoms with Crippen LogP contribution in [0.3, 0.4) is 0 Å². The molecule has 23 heavy (non-hydrogen) atoms. The van der Waals surface area contributed by atoms with E-state index in [0.29, 0.717) is 5.56 Å². The summed E-state index contributed by atoms with van der Waals surface area (Å²) in [5.74, 6) is -1.19. The van der Waals surface area contributed by atoms with Crippen LogP contribution in [-0.2, 0) is 10.9 Å². The molecule has 1 aromatic heterocycles. The van der Waals surface area contributed by atoms with Gasteiger partial charge in [-0.15, -0.1) is 0 Å². The van der Waals surface area contributed by atoms with Crippen molar-refractivity contribution in [3.63, 3.8) is 0 Å². The van der Waals surface area contributed by atoms with Gasteiger partial charge in [-0.05, 0) is 43.4 Å². The first-order valence-electron chi connectivity index (χ1n) is 7.23. The first-order valence-corrected chi connectivity index (χ1v) is 7.23. The molecule has 1 saturated carbocycles. The number of rotatable bonds is 3. The number of benzene rings is 1. The topological polar surface area (TPSA) is 59.4 Å². The highest BCUT2D eigenvalue weighted by Crippen LogP contribution is 2.45. The molecule has 0 unspecified atom stereocenters. The van der Waals surface area contributed by atoms with Gasteiger partial charge in [0.1, 0.15) is 5.75 Å². The Bertz CT molecular complexity index is 782. The maximum Gasteiger partial charge on any atom is 0.418 e. The second-order valence-corrected chi connectivity index (χ2v) is 5.48. The molecule has 0 bridgehead atoms. The molecule has 2 aromatic rings. The van der Waals surface area contributed by atoms with Crippen molar-refractivity contribution in [1.29, 1.82) is 0 Å². The molecule has 1 fully saturated rings. The van der Waals surface area contributed by atoms with Gasteiger partial charge in [0, 0.05) is 11.5 Å². The zero-order valence-corrected chi connectivity index (χ0v) is 12.3. The van der Waals surface area contributed by atoms with E-state index in [0.717, 1.165) is 25.0 Å². The molecule has 0 spiro atoms. The zero-order valence-electron chi connectivity index (χ0n) is 12.3. The van der Waals surface area contributed by atoms with Gasteiger partial charge in [-0.2, -0.15) is 13.2 Å². The van der Waals surface area contributed by atoms with Gasteiger partial charge in [-0.3, -0.25) is 0 Å². The molecule has 3 rings (SSSR count). The van der Waals surface area contributed by atoms with Gasteiger partial charge in [-0.1, -0.05) is 0 Å². The van der Waals surface area contributed by atoms with Crippen molar-refractivity contribution in [1.82, 2.24) is 4.98 Å². The molecule has 7 heteroatoms. The highest BCUT2D eigenvalue weighted by Gasteiger charge is 2.36. The summed E-state index contributed by atoms with van der Waals surface area (Å²) in [6.45, 7) is 1.63. The van der Waals surface area contributed by atoms with Gasteiger partial charge in [0.25, 0.3) is 0 Å². The first kappa shape index (κ1) is 15.6. The standard InChI is InChI=1S/C16H14F3NO3/c1-2-23-15(22)12-7-13(21)10-5-9(8-3-4-8)6-11(14(10)20-12)16(17,18)19/h5-8H,2-4H2,1H3,(H,20,21). The molecule has 0 atom stereocenters. The Hall–Kier alpha value is -2.31. The lowest BCUT2D eigenvalue weighted by molar-refractivity contribution is -0.136. The van der Waals surface area contributed by atoms with E-state index in [1.807, 2.05) is 0 Å². The molecular weight excluding hydrogens is 311 g/mol. The van der Waals surface area contributed by atoms with Crippen LogP contribution in [0.1, 0.15) is 47.3 Å². The number of fused-ring (bicyclic) bond motifs is 1. The maximum absolute atomic E-state index is 13.4. The van der Waals surface area contributed by atoms with E-state index < -0.39 is 29.0 Å². The Morgan fingerprint density at radius 1 is 1.35 bits per heavy atom. The molecule has 0 saturated heterocycles. The number of halogens is 3. The van der Waals surface area contributed by atoms with Crippen molar-refractivity contribution >= 4 is 16.9 Å². The van der Waals surface area contributed by atoms with Crippen LogP contribution >= 0.6 is 0 Å². The predicted octanol–water partition coefficient (Wildman–Crippen LogP) is 4.01. The van der Waals surface area contributed by atoms with Gasteiger partial charge in [0.2, 0.25) is 0 Å². The van der Waals surface area contributed by atoms with Crippen molar-refractivity contribution in [3.8, 4) is 5.75 Å². The Balaban J connectivity index is 2.25. The number of aromatic nitrogens is 1. The van der Waals surface area contributed by atoms with Crippen LogP contribution in [0, 0.1) is 0 Å². The van der Waals surface area contributed by atoms with E-state index in [-0.39, 0.29) is 23.6 Å². The molecule has 0 amide bonds. The highest BCUT2D eigenvalue weighted by atomic mass is 19.4. The number of aromatic hydroxyl groups is 1. The van der Waals surface area contributed by atoms with Gasteiger partial charge < -0.3 is 9.84 Å². The predicted molar refractivity (Wildman–Crippen MR) is 76.3 cm³/mol. The summed E-state index contributed by atoms with van der Waals surface area (Å²) in [4.78, 5) is 15.5. The number of carbonyl (C=O) groups excluding carboxylic acids is 1. The summed E-state index contributed by atoms with van der Waals surface area (Å²) in [7, 11) is 0. The Labute approximate surface area is 129 Å². The largest absolute Gasteiger partial charge is 0.507 e. The van der Waals surface area contributed by atoms with Crippen LogP contribution in [0.2, 0.25) is 0 Å². The quantitative estimate of drug-likeness (QED) is 0.866. The summed E-state index contributed by atoms with van der Waals surface area (Å²) in [6.07, 6.45) is -2.97. The normalized spacial score (nSPS) is 15.0. The van der Waals surface area contributed by atoms with Crippen molar-refractivity contribution in [3.05, 3.63) is 35.0 Å². The third-order valence-electron chi connectivity index (χ3n) is 3.75. The lowest BCUT2D eigenvalue weighted by Gasteiger charge is -2.14. The molecule has 0 aliphatic heterocycles. The number of hydrogen-bond acceptors (Lipinski definition) is 4. The van der Waals surface area contributed by atoms with Crippen molar-refractivity contribution in [2.45, 2.75) is 31.9 Å². The highest BCUT2D eigenvalue weighted by molar-refractivity contribution is 5.95. The van der Waals surface area contributed by atoms with Crippen LogP contribution in [-0.4, -0.2) is 22.7 Å². The minimum absolute atomic E-state index is 0.00484. The Kier molecular flexibility index (Phi) is 3.66. The van der Waals surface area contributed by atoms with E-state index in [4.69, 9.17) is 4.74 Å². The minimum Gasteiger partial charge on any atom is -0.507 e. The monoisotopic (exact) mass is 325 g/mol. The number of ether oxygens (including phenoxy) is 1. The van der Waals surface area contributed by atoms with E-state index in [2.05, 4.69) is 4.98 Å². The van der Waals surface area contributed by atoms with E-state index in [1.165, 1.54) is 6.07 Å². The van der Waals surface area contributed by atoms with E-state index in [1.54, 1.807) is 6.92 Å². The molecule has 1 heterocycles. The second-order valence-electron chi connectivity index (χ2n) is 5.48. The fourth-order valence-electron chi connectivity index (χ4n) is 2.51. The van der Waals surface area contributed by atoms with Crippen LogP contribution in [0.15, 0.2) is 18.2 Å². The van der Waals surface area contributed by atoms with Crippen LogP contribution < -0.4 is 0 Å². The van der Waals surface area contributed by atoms with E-state index in [9.17, 15) is 23.1 Å². The van der Waals surface area contributed by atoms with Crippen LogP contribution in [0.5, 0.6) is 5.75 Å². The summed E-state index contributed by atoms with van der Waals surface area (Å²) in [6, 6.07) is 3.61. The summed E-state index contributed by atoms with van der Waals surface area (Å²) in [5.41, 5.74) is -1.20. The molecule has 1 aliphatic carbocycles. The molecular formula is C16H14F3NO3. The number of alkyl halides is 3. The summed E-state index contributed by atoms with van der Waals surface area (Å²) in [5, 5.41) is 10.1. The van der Waals surface area contributed by atoms with Gasteiger partial charge in [0.15, 0.2) is 5.69 Å². The van der Waals surface area contributed by atoms with Gasteiger partial charge in [-0.25, -0.2) is 9.78 Å². The molecule has 0 radical (unpaired) electrons. The molecule has 1 aliphatic rings. The maximum atomic E-state index is 13.4. The molecule has 1 aromatic carbocycles. The third kappa shape index (κ3) is 2.95. The molecule has 4 nitrogen and oxygen atoms in total. The van der Waals surface area contributed by atoms with Crippen molar-refractivity contribution in [2.24, 2.45) is 0 Å². The number of hydrogen-bond donors (Lipinski definition) is 1. The Morgan fingerprint density at radius 3 is 2.61 bits per heavy atom. The zero-order chi connectivity index (χ0) is 16.8. The van der Waals surface area contributed by atoms with Gasteiger partial charge >= 0.3 is 12.1 Å². The van der Waals surface area contributed by atoms with Crippen molar-refractivity contribution in [2.75, 3.05) is 6.61 Å². The second kappa shape index (κ2) is 5.40. The van der Waals surface area contributed by atoms with Crippen LogP contribution in [0.4, 0.5) is 13.2 Å². The van der Waals surface area contributed by atoms with Gasteiger partial charge in [0.05, 0.1) is 17.7 Å². The molecule has 122 valence electrons. The lowest BCUT2D eigenvalue weighted by Crippen LogP contribution is -2.11. The third-order valence-corrected chi connectivity index (χ3v) is 3.75. The summed E-state index contributed by atoms with van der Waals surface area (Å²) < 4.78 is 44.8. The average Bonchev–Trinajstić information content (AvgIpc) is 3.30. The Morgan fingerprint density at radius 2 is 2.04 bits per heavy atom. The fourth-order valence-corrected chi connectivity index (χ4v) is 2.51. The smallest absolute Gasteiger partial charge is 0.418 e. The molecule has 1 N–H and O–H groups in total. The lowest BCUT2D eigenvalue weighted by atomic mass is 10.0. The fraction of sp³-hybridized carbons (Fsp3) is 0.375. The number of carbonyl (C=O) groups is 1. The summed E-state index contributed by atoms with van der Waals surface area (Å²) >= 11 is 0. The number of nitrogens with zero attached hydrogens (tertiary/aromatic N) is 1. The van der Waals surface area contributed by atoms with Crippen molar-refractivity contribution < 1.29 is 27.8 Å².